The summed E-state index contributed by atoms with van der Waals surface area (Å²) in [4.78, 5) is 4.24. The molecule has 0 fully saturated rings. The van der Waals surface area contributed by atoms with Crippen LogP contribution in [-0.4, -0.2) is 12.1 Å². The molecule has 0 unspecified atom stereocenters. The molecule has 0 aliphatic heterocycles. The Morgan fingerprint density at radius 1 is 1.47 bits per heavy atom. The number of halogens is 1. The van der Waals surface area contributed by atoms with E-state index in [1.165, 1.54) is 0 Å². The molecule has 1 N–H and O–H groups in total. The zero-order valence-corrected chi connectivity index (χ0v) is 11.8. The van der Waals surface area contributed by atoms with Gasteiger partial charge < -0.3 is 10.1 Å². The molecule has 1 aromatic carbocycles. The van der Waals surface area contributed by atoms with E-state index in [9.17, 15) is 0 Å². The van der Waals surface area contributed by atoms with E-state index >= 15 is 0 Å². The van der Waals surface area contributed by atoms with Crippen molar-refractivity contribution in [1.29, 1.82) is 0 Å². The molecule has 1 heterocycles. The van der Waals surface area contributed by atoms with Crippen LogP contribution in [0.15, 0.2) is 33.6 Å². The first-order chi connectivity index (χ1) is 8.31. The number of rotatable bonds is 5. The minimum Gasteiger partial charge on any atom is -0.380 e. The lowest BCUT2D eigenvalue weighted by atomic mass is 10.2. The number of nitrogens with zero attached hydrogens (tertiary/aromatic N) is 1. The molecule has 0 saturated carbocycles. The quantitative estimate of drug-likeness (QED) is 0.914. The monoisotopic (exact) mass is 312 g/mol. The summed E-state index contributed by atoms with van der Waals surface area (Å²) >= 11 is 5.14. The van der Waals surface area contributed by atoms with E-state index in [2.05, 4.69) is 26.2 Å². The molecule has 2 aromatic rings. The second kappa shape index (κ2) is 6.14. The highest BCUT2D eigenvalue weighted by molar-refractivity contribution is 9.10. The third-order valence-electron chi connectivity index (χ3n) is 2.35. The van der Waals surface area contributed by atoms with Crippen molar-refractivity contribution < 1.29 is 4.74 Å². The number of benzene rings is 1. The molecule has 17 heavy (non-hydrogen) atoms. The van der Waals surface area contributed by atoms with E-state index < -0.39 is 0 Å². The van der Waals surface area contributed by atoms with Gasteiger partial charge in [0.25, 0.3) is 0 Å². The van der Waals surface area contributed by atoms with Crippen LogP contribution in [0, 0.1) is 0 Å². The van der Waals surface area contributed by atoms with Crippen LogP contribution >= 0.6 is 27.3 Å². The van der Waals surface area contributed by atoms with E-state index in [-0.39, 0.29) is 0 Å². The summed E-state index contributed by atoms with van der Waals surface area (Å²) in [5.74, 6) is 0. The number of aromatic nitrogens is 1. The minimum atomic E-state index is 0.584. The van der Waals surface area contributed by atoms with Crippen LogP contribution in [0.2, 0.25) is 0 Å². The number of thiazole rings is 1. The lowest BCUT2D eigenvalue weighted by molar-refractivity contribution is 0.185. The highest BCUT2D eigenvalue weighted by atomic mass is 79.9. The minimum absolute atomic E-state index is 0.584. The van der Waals surface area contributed by atoms with Crippen molar-refractivity contribution in [1.82, 2.24) is 4.98 Å². The summed E-state index contributed by atoms with van der Waals surface area (Å²) in [7, 11) is 1.70. The third kappa shape index (κ3) is 3.28. The van der Waals surface area contributed by atoms with Crippen LogP contribution in [-0.2, 0) is 17.9 Å². The van der Waals surface area contributed by atoms with Gasteiger partial charge in [-0.25, -0.2) is 4.98 Å². The van der Waals surface area contributed by atoms with Gasteiger partial charge in [0.1, 0.15) is 0 Å². The van der Waals surface area contributed by atoms with Crippen LogP contribution in [0.5, 0.6) is 0 Å². The van der Waals surface area contributed by atoms with E-state index in [1.54, 1.807) is 18.4 Å². The van der Waals surface area contributed by atoms with Crippen molar-refractivity contribution in [3.63, 3.8) is 0 Å². The lowest BCUT2D eigenvalue weighted by Crippen LogP contribution is -2.03. The lowest BCUT2D eigenvalue weighted by Gasteiger charge is -2.12. The summed E-state index contributed by atoms with van der Waals surface area (Å²) in [5, 5.41) is 5.42. The average Bonchev–Trinajstić information content (AvgIpc) is 2.83. The van der Waals surface area contributed by atoms with Gasteiger partial charge >= 0.3 is 0 Å². The fraction of sp³-hybridized carbons (Fsp3) is 0.250. The maximum absolute atomic E-state index is 5.20. The van der Waals surface area contributed by atoms with Crippen LogP contribution in [0.3, 0.4) is 0 Å². The molecule has 0 saturated heterocycles. The van der Waals surface area contributed by atoms with E-state index in [1.807, 2.05) is 29.1 Å². The molecule has 0 aliphatic rings. The average molecular weight is 313 g/mol. The smallest absolute Gasteiger partial charge is 0.0795 e. The molecule has 0 spiro atoms. The van der Waals surface area contributed by atoms with Crippen molar-refractivity contribution in [2.75, 3.05) is 12.4 Å². The predicted molar refractivity (Wildman–Crippen MR) is 74.3 cm³/mol. The first-order valence-electron chi connectivity index (χ1n) is 5.18. The molecule has 0 bridgehead atoms. The Balaban J connectivity index is 2.11. The van der Waals surface area contributed by atoms with Crippen molar-refractivity contribution >= 4 is 33.0 Å². The zero-order chi connectivity index (χ0) is 12.1. The summed E-state index contributed by atoms with van der Waals surface area (Å²) in [6, 6.07) is 6.07. The first-order valence-corrected chi connectivity index (χ1v) is 6.92. The highest BCUT2D eigenvalue weighted by Crippen LogP contribution is 2.25. The zero-order valence-electron chi connectivity index (χ0n) is 9.44. The molecule has 0 aliphatic carbocycles. The van der Waals surface area contributed by atoms with Crippen molar-refractivity contribution in [3.8, 4) is 0 Å². The standard InChI is InChI=1S/C12H13BrN2OS/c1-16-6-10-11(13)3-2-4-12(10)14-5-9-7-17-8-15-9/h2-4,7-8,14H,5-6H2,1H3. The molecule has 2 rings (SSSR count). The van der Waals surface area contributed by atoms with Crippen molar-refractivity contribution in [3.05, 3.63) is 44.8 Å². The molecule has 5 heteroatoms. The van der Waals surface area contributed by atoms with Gasteiger partial charge in [0.2, 0.25) is 0 Å². The summed E-state index contributed by atoms with van der Waals surface area (Å²) in [6.07, 6.45) is 0. The highest BCUT2D eigenvalue weighted by Gasteiger charge is 2.06. The number of hydrogen-bond donors (Lipinski definition) is 1. The number of anilines is 1. The largest absolute Gasteiger partial charge is 0.380 e. The summed E-state index contributed by atoms with van der Waals surface area (Å²) in [5.41, 5.74) is 5.10. The van der Waals surface area contributed by atoms with Crippen LogP contribution < -0.4 is 5.32 Å². The van der Waals surface area contributed by atoms with Crippen LogP contribution in [0.4, 0.5) is 5.69 Å². The molecule has 0 amide bonds. The van der Waals surface area contributed by atoms with Crippen molar-refractivity contribution in [2.45, 2.75) is 13.2 Å². The molecule has 0 atom stereocenters. The van der Waals surface area contributed by atoms with Gasteiger partial charge in [0, 0.05) is 28.2 Å². The van der Waals surface area contributed by atoms with Gasteiger partial charge in [-0.1, -0.05) is 22.0 Å². The number of hydrogen-bond acceptors (Lipinski definition) is 4. The van der Waals surface area contributed by atoms with Gasteiger partial charge in [-0.05, 0) is 12.1 Å². The Kier molecular flexibility index (Phi) is 4.53. The van der Waals surface area contributed by atoms with Crippen LogP contribution in [0.25, 0.3) is 0 Å². The predicted octanol–water partition coefficient (Wildman–Crippen LogP) is 3.66. The van der Waals surface area contributed by atoms with Crippen LogP contribution in [0.1, 0.15) is 11.3 Å². The Labute approximate surface area is 113 Å². The van der Waals surface area contributed by atoms with E-state index in [0.29, 0.717) is 6.61 Å². The molecule has 90 valence electrons. The molecular formula is C12H13BrN2OS. The van der Waals surface area contributed by atoms with E-state index in [4.69, 9.17) is 4.74 Å². The number of nitrogens with one attached hydrogen (secondary N) is 1. The topological polar surface area (TPSA) is 34.1 Å². The molecular weight excluding hydrogens is 300 g/mol. The third-order valence-corrected chi connectivity index (χ3v) is 3.73. The van der Waals surface area contributed by atoms with Gasteiger partial charge in [-0.3, -0.25) is 0 Å². The van der Waals surface area contributed by atoms with Crippen molar-refractivity contribution in [2.24, 2.45) is 0 Å². The SMILES string of the molecule is COCc1c(Br)cccc1NCc1cscn1. The van der Waals surface area contributed by atoms with Gasteiger partial charge in [0.05, 0.1) is 24.4 Å². The van der Waals surface area contributed by atoms with Gasteiger partial charge in [-0.2, -0.15) is 0 Å². The maximum Gasteiger partial charge on any atom is 0.0795 e. The second-order valence-corrected chi connectivity index (χ2v) is 5.11. The fourth-order valence-corrected chi connectivity index (χ4v) is 2.56. The Bertz CT molecular complexity index is 473. The Hall–Kier alpha value is -0.910. The number of ether oxygens (including phenoxy) is 1. The molecule has 0 radical (unpaired) electrons. The fourth-order valence-electron chi connectivity index (χ4n) is 1.53. The Morgan fingerprint density at radius 3 is 3.06 bits per heavy atom. The summed E-state index contributed by atoms with van der Waals surface area (Å²) < 4.78 is 6.26. The first kappa shape index (κ1) is 12.5. The Morgan fingerprint density at radius 2 is 2.35 bits per heavy atom. The number of methoxy groups -OCH3 is 1. The maximum atomic E-state index is 5.20. The summed E-state index contributed by atoms with van der Waals surface area (Å²) in [6.45, 7) is 1.32. The van der Waals surface area contributed by atoms with Gasteiger partial charge in [0.15, 0.2) is 0 Å². The van der Waals surface area contributed by atoms with Gasteiger partial charge in [-0.15, -0.1) is 11.3 Å². The molecule has 3 nitrogen and oxygen atoms in total. The second-order valence-electron chi connectivity index (χ2n) is 3.53. The van der Waals surface area contributed by atoms with E-state index in [0.717, 1.165) is 28.0 Å². The normalized spacial score (nSPS) is 10.5. The molecule has 1 aromatic heterocycles.